The van der Waals surface area contributed by atoms with E-state index >= 15 is 0 Å². The number of nitriles is 1. The highest BCUT2D eigenvalue weighted by molar-refractivity contribution is 7.99. The van der Waals surface area contributed by atoms with Crippen LogP contribution in [0.1, 0.15) is 31.2 Å². The van der Waals surface area contributed by atoms with Crippen LogP contribution < -0.4 is 5.32 Å². The quantitative estimate of drug-likeness (QED) is 0.897. The van der Waals surface area contributed by atoms with Gasteiger partial charge in [-0.3, -0.25) is 0 Å². The Morgan fingerprint density at radius 1 is 1.44 bits per heavy atom. The number of anilines is 1. The average molecular weight is 281 g/mol. The summed E-state index contributed by atoms with van der Waals surface area (Å²) in [5.74, 6) is 0. The lowest BCUT2D eigenvalue weighted by atomic mass is 9.94. The lowest BCUT2D eigenvalue weighted by Gasteiger charge is -2.29. The molecule has 1 aromatic rings. The van der Waals surface area contributed by atoms with Crippen LogP contribution in [0.2, 0.25) is 5.02 Å². The van der Waals surface area contributed by atoms with Gasteiger partial charge in [0.1, 0.15) is 0 Å². The fourth-order valence-corrected chi connectivity index (χ4v) is 3.47. The van der Waals surface area contributed by atoms with Crippen LogP contribution in [0, 0.1) is 11.3 Å². The SMILES string of the molecule is CSC1CCCC(Nc2ccc(C#N)cc2Cl)C1. The fourth-order valence-electron chi connectivity index (χ4n) is 2.41. The standard InChI is InChI=1S/C14H17ClN2S/c1-18-12-4-2-3-11(8-12)17-14-6-5-10(9-16)7-13(14)15/h5-7,11-12,17H,2-4,8H2,1H3. The molecule has 1 aliphatic rings. The summed E-state index contributed by atoms with van der Waals surface area (Å²) < 4.78 is 0. The maximum atomic E-state index is 8.81. The predicted molar refractivity (Wildman–Crippen MR) is 79.3 cm³/mol. The van der Waals surface area contributed by atoms with Gasteiger partial charge < -0.3 is 5.32 Å². The van der Waals surface area contributed by atoms with E-state index in [9.17, 15) is 0 Å². The molecule has 0 radical (unpaired) electrons. The van der Waals surface area contributed by atoms with Crippen LogP contribution in [0.4, 0.5) is 5.69 Å². The lowest BCUT2D eigenvalue weighted by molar-refractivity contribution is 0.474. The molecule has 2 rings (SSSR count). The lowest BCUT2D eigenvalue weighted by Crippen LogP contribution is -2.28. The first-order valence-corrected chi connectivity index (χ1v) is 7.88. The van der Waals surface area contributed by atoms with Crippen molar-refractivity contribution in [1.82, 2.24) is 0 Å². The number of hydrogen-bond acceptors (Lipinski definition) is 3. The molecule has 4 heteroatoms. The van der Waals surface area contributed by atoms with E-state index in [1.165, 1.54) is 25.7 Å². The number of benzene rings is 1. The zero-order valence-corrected chi connectivity index (χ0v) is 12.0. The van der Waals surface area contributed by atoms with Gasteiger partial charge in [-0.15, -0.1) is 0 Å². The van der Waals surface area contributed by atoms with Crippen molar-refractivity contribution in [1.29, 1.82) is 5.26 Å². The van der Waals surface area contributed by atoms with E-state index in [0.717, 1.165) is 10.9 Å². The van der Waals surface area contributed by atoms with Crippen LogP contribution >= 0.6 is 23.4 Å². The van der Waals surface area contributed by atoms with Crippen LogP contribution in [-0.2, 0) is 0 Å². The van der Waals surface area contributed by atoms with Gasteiger partial charge in [0.2, 0.25) is 0 Å². The van der Waals surface area contributed by atoms with Crippen molar-refractivity contribution in [2.75, 3.05) is 11.6 Å². The molecule has 1 aromatic carbocycles. The van der Waals surface area contributed by atoms with Gasteiger partial charge in [0.05, 0.1) is 22.3 Å². The van der Waals surface area contributed by atoms with Gasteiger partial charge in [-0.1, -0.05) is 18.0 Å². The topological polar surface area (TPSA) is 35.8 Å². The number of nitrogens with zero attached hydrogens (tertiary/aromatic N) is 1. The molecule has 0 bridgehead atoms. The third-order valence-electron chi connectivity index (χ3n) is 3.42. The second-order valence-electron chi connectivity index (χ2n) is 4.67. The molecule has 2 atom stereocenters. The van der Waals surface area contributed by atoms with E-state index in [1.807, 2.05) is 23.9 Å². The Labute approximate surface area is 118 Å². The average Bonchev–Trinajstić information content (AvgIpc) is 2.41. The van der Waals surface area contributed by atoms with E-state index in [1.54, 1.807) is 6.07 Å². The van der Waals surface area contributed by atoms with Gasteiger partial charge in [-0.25, -0.2) is 0 Å². The smallest absolute Gasteiger partial charge is 0.0992 e. The Balaban J connectivity index is 2.03. The van der Waals surface area contributed by atoms with Crippen molar-refractivity contribution in [2.45, 2.75) is 37.0 Å². The highest BCUT2D eigenvalue weighted by atomic mass is 35.5. The van der Waals surface area contributed by atoms with Gasteiger partial charge in [0.15, 0.2) is 0 Å². The van der Waals surface area contributed by atoms with E-state index in [-0.39, 0.29) is 0 Å². The van der Waals surface area contributed by atoms with Crippen LogP contribution in [0.15, 0.2) is 18.2 Å². The molecule has 18 heavy (non-hydrogen) atoms. The Kier molecular flexibility index (Phi) is 4.79. The van der Waals surface area contributed by atoms with Crippen molar-refractivity contribution in [3.8, 4) is 6.07 Å². The van der Waals surface area contributed by atoms with Gasteiger partial charge in [0, 0.05) is 11.3 Å². The molecule has 0 aliphatic heterocycles. The van der Waals surface area contributed by atoms with Crippen molar-refractivity contribution in [3.63, 3.8) is 0 Å². The maximum absolute atomic E-state index is 8.81. The van der Waals surface area contributed by atoms with Gasteiger partial charge in [-0.05, 0) is 43.7 Å². The monoisotopic (exact) mass is 280 g/mol. The fraction of sp³-hybridized carbons (Fsp3) is 0.500. The van der Waals surface area contributed by atoms with Crippen LogP contribution in [0.25, 0.3) is 0 Å². The van der Waals surface area contributed by atoms with E-state index in [2.05, 4.69) is 17.6 Å². The number of halogens is 1. The Morgan fingerprint density at radius 3 is 2.94 bits per heavy atom. The molecule has 1 saturated carbocycles. The summed E-state index contributed by atoms with van der Waals surface area (Å²) in [6.45, 7) is 0. The minimum Gasteiger partial charge on any atom is -0.381 e. The number of rotatable bonds is 3. The molecule has 0 aromatic heterocycles. The molecule has 2 unspecified atom stereocenters. The largest absolute Gasteiger partial charge is 0.381 e. The first-order valence-electron chi connectivity index (χ1n) is 6.22. The summed E-state index contributed by atoms with van der Waals surface area (Å²) >= 11 is 8.13. The summed E-state index contributed by atoms with van der Waals surface area (Å²) in [5, 5.41) is 13.7. The summed E-state index contributed by atoms with van der Waals surface area (Å²) in [5.41, 5.74) is 1.55. The maximum Gasteiger partial charge on any atom is 0.0992 e. The van der Waals surface area contributed by atoms with Gasteiger partial charge >= 0.3 is 0 Å². The minimum atomic E-state index is 0.502. The Bertz CT molecular complexity index is 456. The predicted octanol–water partition coefficient (Wildman–Crippen LogP) is 4.30. The summed E-state index contributed by atoms with van der Waals surface area (Å²) in [7, 11) is 0. The minimum absolute atomic E-state index is 0.502. The number of nitrogens with one attached hydrogen (secondary N) is 1. The van der Waals surface area contributed by atoms with Crippen molar-refractivity contribution < 1.29 is 0 Å². The molecule has 2 nitrogen and oxygen atoms in total. The first-order chi connectivity index (χ1) is 8.72. The second kappa shape index (κ2) is 6.36. The van der Waals surface area contributed by atoms with Crippen molar-refractivity contribution in [2.24, 2.45) is 0 Å². The molecule has 0 heterocycles. The number of hydrogen-bond donors (Lipinski definition) is 1. The summed E-state index contributed by atoms with van der Waals surface area (Å²) in [4.78, 5) is 0. The highest BCUT2D eigenvalue weighted by Gasteiger charge is 2.21. The second-order valence-corrected chi connectivity index (χ2v) is 6.22. The number of thioether (sulfide) groups is 1. The third-order valence-corrected chi connectivity index (χ3v) is 4.82. The van der Waals surface area contributed by atoms with Crippen LogP contribution in [0.3, 0.4) is 0 Å². The first kappa shape index (κ1) is 13.6. The molecule has 0 amide bonds. The zero-order chi connectivity index (χ0) is 13.0. The zero-order valence-electron chi connectivity index (χ0n) is 10.4. The molecular weight excluding hydrogens is 264 g/mol. The normalized spacial score (nSPS) is 23.4. The molecular formula is C14H17ClN2S. The van der Waals surface area contributed by atoms with E-state index in [0.29, 0.717) is 16.6 Å². The Morgan fingerprint density at radius 2 is 2.28 bits per heavy atom. The van der Waals surface area contributed by atoms with E-state index in [4.69, 9.17) is 16.9 Å². The molecule has 96 valence electrons. The molecule has 0 saturated heterocycles. The van der Waals surface area contributed by atoms with Crippen molar-refractivity contribution >= 4 is 29.1 Å². The Hall–Kier alpha value is -0.850. The summed E-state index contributed by atoms with van der Waals surface area (Å²) in [6.07, 6.45) is 7.17. The molecule has 1 N–H and O–H groups in total. The molecule has 0 spiro atoms. The van der Waals surface area contributed by atoms with Gasteiger partial charge in [-0.2, -0.15) is 17.0 Å². The van der Waals surface area contributed by atoms with Crippen molar-refractivity contribution in [3.05, 3.63) is 28.8 Å². The molecule has 1 fully saturated rings. The van der Waals surface area contributed by atoms with Crippen LogP contribution in [0.5, 0.6) is 0 Å². The van der Waals surface area contributed by atoms with Crippen LogP contribution in [-0.4, -0.2) is 17.5 Å². The van der Waals surface area contributed by atoms with Gasteiger partial charge in [0.25, 0.3) is 0 Å². The summed E-state index contributed by atoms with van der Waals surface area (Å²) in [6, 6.07) is 8.04. The molecule has 1 aliphatic carbocycles. The third kappa shape index (κ3) is 3.34. The highest BCUT2D eigenvalue weighted by Crippen LogP contribution is 2.31. The van der Waals surface area contributed by atoms with E-state index < -0.39 is 0 Å².